The zero-order valence-electron chi connectivity index (χ0n) is 20.6. The summed E-state index contributed by atoms with van der Waals surface area (Å²) in [4.78, 5) is 14.8. The van der Waals surface area contributed by atoms with Crippen LogP contribution in [0, 0.1) is 0 Å². The van der Waals surface area contributed by atoms with Crippen molar-refractivity contribution in [1.29, 1.82) is 0 Å². The van der Waals surface area contributed by atoms with Gasteiger partial charge in [0.25, 0.3) is 0 Å². The molecule has 0 aliphatic carbocycles. The number of rotatable bonds is 8. The molecule has 188 valence electrons. The van der Waals surface area contributed by atoms with Gasteiger partial charge in [-0.3, -0.25) is 4.79 Å². The average Bonchev–Trinajstić information content (AvgIpc) is 3.26. The first-order chi connectivity index (χ1) is 17.5. The lowest BCUT2D eigenvalue weighted by molar-refractivity contribution is -0.142. The lowest BCUT2D eigenvalue weighted by Gasteiger charge is -2.37. The van der Waals surface area contributed by atoms with Gasteiger partial charge < -0.3 is 29.5 Å². The molecule has 2 heterocycles. The first-order valence-electron chi connectivity index (χ1n) is 12.3. The Morgan fingerprint density at radius 3 is 2.53 bits per heavy atom. The topological polar surface area (TPSA) is 80.3 Å². The highest BCUT2D eigenvalue weighted by Gasteiger charge is 2.46. The van der Waals surface area contributed by atoms with Crippen LogP contribution in [-0.2, 0) is 16.1 Å². The van der Waals surface area contributed by atoms with E-state index in [-0.39, 0.29) is 37.1 Å². The Morgan fingerprint density at radius 2 is 1.81 bits per heavy atom. The minimum atomic E-state index is -0.464. The highest BCUT2D eigenvalue weighted by molar-refractivity contribution is 5.76. The van der Waals surface area contributed by atoms with Gasteiger partial charge in [0, 0.05) is 37.8 Å². The Morgan fingerprint density at radius 1 is 1.06 bits per heavy atom. The molecule has 0 unspecified atom stereocenters. The molecule has 5 rings (SSSR count). The Kier molecular flexibility index (Phi) is 7.11. The number of fused-ring (bicyclic) bond motifs is 3. The van der Waals surface area contributed by atoms with E-state index in [0.717, 1.165) is 34.1 Å². The number of benzene rings is 3. The largest absolute Gasteiger partial charge is 0.487 e. The zero-order chi connectivity index (χ0) is 25.1. The first-order valence-corrected chi connectivity index (χ1v) is 12.3. The molecule has 0 spiro atoms. The van der Waals surface area contributed by atoms with Gasteiger partial charge in [-0.15, -0.1) is 0 Å². The summed E-state index contributed by atoms with van der Waals surface area (Å²) in [7, 11) is 4.01. The third-order valence-corrected chi connectivity index (χ3v) is 6.80. The molecule has 0 saturated carbocycles. The van der Waals surface area contributed by atoms with Crippen molar-refractivity contribution in [2.75, 3.05) is 25.6 Å². The van der Waals surface area contributed by atoms with Gasteiger partial charge in [0.15, 0.2) is 0 Å². The predicted molar refractivity (Wildman–Crippen MR) is 138 cm³/mol. The number of aliphatic hydroxyl groups is 1. The van der Waals surface area contributed by atoms with E-state index in [4.69, 9.17) is 14.2 Å². The van der Waals surface area contributed by atoms with E-state index < -0.39 is 6.10 Å². The Balaban J connectivity index is 1.17. The third kappa shape index (κ3) is 5.32. The summed E-state index contributed by atoms with van der Waals surface area (Å²) in [6.07, 6.45) is -0.0865. The van der Waals surface area contributed by atoms with Crippen LogP contribution in [0.5, 0.6) is 17.2 Å². The van der Waals surface area contributed by atoms with Crippen molar-refractivity contribution < 1.29 is 24.1 Å². The lowest BCUT2D eigenvalue weighted by Crippen LogP contribution is -2.47. The molecule has 0 aromatic heterocycles. The summed E-state index contributed by atoms with van der Waals surface area (Å²) < 4.78 is 18.1. The summed E-state index contributed by atoms with van der Waals surface area (Å²) in [5, 5.41) is 12.9. The molecule has 4 atom stereocenters. The van der Waals surface area contributed by atoms with Crippen LogP contribution in [0.3, 0.4) is 0 Å². The van der Waals surface area contributed by atoms with E-state index in [0.29, 0.717) is 13.0 Å². The lowest BCUT2D eigenvalue weighted by atomic mass is 9.84. The van der Waals surface area contributed by atoms with Crippen LogP contribution in [0.1, 0.15) is 29.9 Å². The summed E-state index contributed by atoms with van der Waals surface area (Å²) in [6, 6.07) is 23.4. The van der Waals surface area contributed by atoms with Crippen LogP contribution < -0.4 is 19.7 Å². The van der Waals surface area contributed by atoms with E-state index in [1.54, 1.807) is 0 Å². The fraction of sp³-hybridized carbons (Fsp3) is 0.345. The van der Waals surface area contributed by atoms with Gasteiger partial charge in [0.2, 0.25) is 5.91 Å². The summed E-state index contributed by atoms with van der Waals surface area (Å²) >= 11 is 0. The molecule has 3 aromatic carbocycles. The number of amides is 1. The van der Waals surface area contributed by atoms with Crippen molar-refractivity contribution in [2.45, 2.75) is 43.6 Å². The molecule has 7 nitrogen and oxygen atoms in total. The SMILES string of the molecule is CN(C)c1ccc2c(c1)[C@H]1C[C@@H](CC(=O)NCc3ccc(Oc4ccccc4)cc3)O[C@@H](CO)[C@H]1O2. The number of carbonyl (C=O) groups excluding carboxylic acids is 1. The number of hydrogen-bond donors (Lipinski definition) is 2. The third-order valence-electron chi connectivity index (χ3n) is 6.80. The Hall–Kier alpha value is -3.55. The number of hydrogen-bond acceptors (Lipinski definition) is 6. The molecule has 36 heavy (non-hydrogen) atoms. The number of para-hydroxylation sites is 1. The number of nitrogens with zero attached hydrogens (tertiary/aromatic N) is 1. The minimum Gasteiger partial charge on any atom is -0.487 e. The maximum atomic E-state index is 12.8. The number of anilines is 1. The highest BCUT2D eigenvalue weighted by atomic mass is 16.6. The highest BCUT2D eigenvalue weighted by Crippen LogP contribution is 2.47. The summed E-state index contributed by atoms with van der Waals surface area (Å²) in [5.74, 6) is 2.36. The molecule has 7 heteroatoms. The molecule has 0 radical (unpaired) electrons. The number of carbonyl (C=O) groups is 1. The number of nitrogens with one attached hydrogen (secondary N) is 1. The van der Waals surface area contributed by atoms with Crippen LogP contribution in [0.4, 0.5) is 5.69 Å². The van der Waals surface area contributed by atoms with Crippen molar-refractivity contribution in [3.8, 4) is 17.2 Å². The van der Waals surface area contributed by atoms with Crippen LogP contribution >= 0.6 is 0 Å². The van der Waals surface area contributed by atoms with Gasteiger partial charge in [-0.1, -0.05) is 30.3 Å². The van der Waals surface area contributed by atoms with Crippen molar-refractivity contribution in [3.63, 3.8) is 0 Å². The van der Waals surface area contributed by atoms with Crippen LogP contribution in [-0.4, -0.2) is 50.0 Å². The predicted octanol–water partition coefficient (Wildman–Crippen LogP) is 4.25. The standard InChI is InChI=1S/C29H32N2O5/c1-31(2)20-10-13-26-24(14-20)25-15-23(35-27(18-32)29(25)36-26)16-28(33)30-17-19-8-11-22(12-9-19)34-21-6-4-3-5-7-21/h3-14,23,25,27,29,32H,15-18H2,1-2H3,(H,30,33)/t23-,25+,27-,29-/m0/s1. The summed E-state index contributed by atoms with van der Waals surface area (Å²) in [6.45, 7) is 0.274. The van der Waals surface area contributed by atoms with E-state index in [9.17, 15) is 9.90 Å². The summed E-state index contributed by atoms with van der Waals surface area (Å²) in [5.41, 5.74) is 3.20. The Labute approximate surface area is 211 Å². The number of aliphatic hydroxyl groups excluding tert-OH is 1. The smallest absolute Gasteiger partial charge is 0.222 e. The normalized spacial score (nSPS) is 22.2. The zero-order valence-corrected chi connectivity index (χ0v) is 20.6. The van der Waals surface area contributed by atoms with Crippen molar-refractivity contribution >= 4 is 11.6 Å². The van der Waals surface area contributed by atoms with E-state index >= 15 is 0 Å². The quantitative estimate of drug-likeness (QED) is 0.494. The van der Waals surface area contributed by atoms with Gasteiger partial charge in [-0.2, -0.15) is 0 Å². The van der Waals surface area contributed by atoms with Crippen molar-refractivity contribution in [3.05, 3.63) is 83.9 Å². The second kappa shape index (κ2) is 10.6. The van der Waals surface area contributed by atoms with E-state index in [1.165, 1.54) is 0 Å². The van der Waals surface area contributed by atoms with Crippen LogP contribution in [0.15, 0.2) is 72.8 Å². The monoisotopic (exact) mass is 488 g/mol. The molecule has 1 fully saturated rings. The second-order valence-electron chi connectivity index (χ2n) is 9.56. The molecule has 2 N–H and O–H groups in total. The van der Waals surface area contributed by atoms with Crippen LogP contribution in [0.25, 0.3) is 0 Å². The second-order valence-corrected chi connectivity index (χ2v) is 9.56. The van der Waals surface area contributed by atoms with Crippen molar-refractivity contribution in [2.24, 2.45) is 0 Å². The Bertz CT molecular complexity index is 1180. The fourth-order valence-electron chi connectivity index (χ4n) is 4.93. The molecule has 1 amide bonds. The van der Waals surface area contributed by atoms with Crippen molar-refractivity contribution in [1.82, 2.24) is 5.32 Å². The molecule has 3 aromatic rings. The van der Waals surface area contributed by atoms with E-state index in [1.807, 2.05) is 80.8 Å². The molecule has 1 saturated heterocycles. The molecule has 2 aliphatic heterocycles. The van der Waals surface area contributed by atoms with Gasteiger partial charge in [0.05, 0.1) is 19.1 Å². The molecule has 2 aliphatic rings. The van der Waals surface area contributed by atoms with Gasteiger partial charge in [-0.05, 0) is 54.4 Å². The maximum Gasteiger partial charge on any atom is 0.222 e. The average molecular weight is 489 g/mol. The minimum absolute atomic E-state index is 0.0825. The fourth-order valence-corrected chi connectivity index (χ4v) is 4.93. The maximum absolute atomic E-state index is 12.8. The van der Waals surface area contributed by atoms with Gasteiger partial charge >= 0.3 is 0 Å². The molecule has 0 bridgehead atoms. The van der Waals surface area contributed by atoms with E-state index in [2.05, 4.69) is 16.3 Å². The first kappa shape index (κ1) is 24.2. The molecular formula is C29H32N2O5. The molecular weight excluding hydrogens is 456 g/mol. The number of ether oxygens (including phenoxy) is 3. The van der Waals surface area contributed by atoms with Crippen LogP contribution in [0.2, 0.25) is 0 Å². The van der Waals surface area contributed by atoms with Gasteiger partial charge in [-0.25, -0.2) is 0 Å². The van der Waals surface area contributed by atoms with Gasteiger partial charge in [0.1, 0.15) is 29.5 Å².